The lowest BCUT2D eigenvalue weighted by molar-refractivity contribution is -0.138. The summed E-state index contributed by atoms with van der Waals surface area (Å²) in [6.07, 6.45) is -0.123. The van der Waals surface area contributed by atoms with Crippen molar-refractivity contribution in [3.8, 4) is 0 Å². The van der Waals surface area contributed by atoms with E-state index in [1.54, 1.807) is 21.0 Å². The van der Waals surface area contributed by atoms with E-state index in [1.165, 1.54) is 11.8 Å². The number of Topliss-reactive ketones (excluding diaryl/α,β-unsaturated/α-hetero) is 2. The Hall–Kier alpha value is -2.25. The van der Waals surface area contributed by atoms with E-state index in [0.717, 1.165) is 0 Å². The number of nitrogens with zero attached hydrogens (tertiary/aromatic N) is 1. The molecule has 0 saturated carbocycles. The molecule has 8 heteroatoms. The van der Waals surface area contributed by atoms with Crippen LogP contribution in [0.25, 0.3) is 0 Å². The Balaban J connectivity index is 5.64. The molecule has 0 heterocycles. The molecule has 0 aliphatic heterocycles. The van der Waals surface area contributed by atoms with Gasteiger partial charge >= 0.3 is 0 Å². The van der Waals surface area contributed by atoms with Crippen molar-refractivity contribution in [2.45, 2.75) is 86.7 Å². The molecule has 31 heavy (non-hydrogen) atoms. The van der Waals surface area contributed by atoms with Gasteiger partial charge in [0.1, 0.15) is 0 Å². The first kappa shape index (κ1) is 28.8. The largest absolute Gasteiger partial charge is 0.349 e. The summed E-state index contributed by atoms with van der Waals surface area (Å²) in [5.74, 6) is -2.55. The van der Waals surface area contributed by atoms with Gasteiger partial charge in [0.05, 0.1) is 18.0 Å². The highest BCUT2D eigenvalue weighted by molar-refractivity contribution is 5.96. The van der Waals surface area contributed by atoms with Crippen LogP contribution in [-0.2, 0) is 24.0 Å². The fourth-order valence-corrected chi connectivity index (χ4v) is 2.92. The Morgan fingerprint density at radius 1 is 0.871 bits per heavy atom. The Labute approximate surface area is 186 Å². The van der Waals surface area contributed by atoms with E-state index in [-0.39, 0.29) is 48.1 Å². The number of hydrogen-bond donors (Lipinski definition) is 2. The van der Waals surface area contributed by atoms with Gasteiger partial charge in [0, 0.05) is 33.4 Å². The Morgan fingerprint density at radius 3 is 1.77 bits per heavy atom. The topological polar surface area (TPSA) is 113 Å². The lowest BCUT2D eigenvalue weighted by atomic mass is 9.80. The molecule has 0 bridgehead atoms. The molecule has 3 atom stereocenters. The maximum atomic E-state index is 13.2. The summed E-state index contributed by atoms with van der Waals surface area (Å²) < 4.78 is 0. The van der Waals surface area contributed by atoms with Crippen LogP contribution in [0.1, 0.15) is 74.7 Å². The lowest BCUT2D eigenvalue weighted by Crippen LogP contribution is -2.51. The van der Waals surface area contributed by atoms with Gasteiger partial charge in [-0.2, -0.15) is 0 Å². The Kier molecular flexibility index (Phi) is 10.6. The lowest BCUT2D eigenvalue weighted by Gasteiger charge is -2.32. The molecule has 8 nitrogen and oxygen atoms in total. The minimum absolute atomic E-state index is 0.165. The summed E-state index contributed by atoms with van der Waals surface area (Å²) in [5.41, 5.74) is -0.817. The maximum absolute atomic E-state index is 13.2. The summed E-state index contributed by atoms with van der Waals surface area (Å²) in [4.78, 5) is 63.6. The predicted molar refractivity (Wildman–Crippen MR) is 120 cm³/mol. The number of rotatable bonds is 10. The van der Waals surface area contributed by atoms with E-state index in [1.807, 2.05) is 41.5 Å². The van der Waals surface area contributed by atoms with Gasteiger partial charge in [-0.25, -0.2) is 0 Å². The third-order valence-electron chi connectivity index (χ3n) is 4.89. The van der Waals surface area contributed by atoms with E-state index in [0.29, 0.717) is 0 Å². The Bertz CT molecular complexity index is 686. The fraction of sp³-hybridized carbons (Fsp3) is 0.783. The predicted octanol–water partition coefficient (Wildman–Crippen LogP) is 2.10. The van der Waals surface area contributed by atoms with Crippen LogP contribution >= 0.6 is 0 Å². The first-order valence-corrected chi connectivity index (χ1v) is 10.7. The molecule has 0 aromatic heterocycles. The monoisotopic (exact) mass is 439 g/mol. The van der Waals surface area contributed by atoms with Gasteiger partial charge in [0.15, 0.2) is 11.6 Å². The summed E-state index contributed by atoms with van der Waals surface area (Å²) in [7, 11) is 3.14. The summed E-state index contributed by atoms with van der Waals surface area (Å²) in [6, 6.07) is -1.53. The number of amides is 3. The standard InChI is InChI=1S/C23H41N3O5/c1-14(15(2)27)24-21(31)16(12-19(30)26(9)10)11-17(28)20(23(6,7)8)25-18(29)13-22(3,4)5/h14,16,20H,11-13H2,1-10H3,(H,24,31)(H,25,29). The molecule has 0 rings (SSSR count). The second kappa shape index (κ2) is 11.4. The number of carbonyl (C=O) groups excluding carboxylic acids is 5. The number of ketones is 2. The van der Waals surface area contributed by atoms with Crippen molar-refractivity contribution in [1.29, 1.82) is 0 Å². The van der Waals surface area contributed by atoms with Crippen LogP contribution in [0.5, 0.6) is 0 Å². The minimum Gasteiger partial charge on any atom is -0.349 e. The zero-order valence-electron chi connectivity index (χ0n) is 20.8. The highest BCUT2D eigenvalue weighted by atomic mass is 16.2. The number of carbonyl (C=O) groups is 5. The van der Waals surface area contributed by atoms with Crippen molar-refractivity contribution >= 4 is 29.3 Å². The van der Waals surface area contributed by atoms with Crippen LogP contribution in [-0.4, -0.2) is 60.4 Å². The average Bonchev–Trinajstić information content (AvgIpc) is 2.55. The van der Waals surface area contributed by atoms with Crippen molar-refractivity contribution in [2.75, 3.05) is 14.1 Å². The minimum atomic E-state index is -0.937. The normalized spacial score (nSPS) is 14.8. The molecule has 178 valence electrons. The molecule has 0 aliphatic carbocycles. The molecular formula is C23H41N3O5. The molecule has 0 aliphatic rings. The van der Waals surface area contributed by atoms with Crippen LogP contribution < -0.4 is 10.6 Å². The smallest absolute Gasteiger partial charge is 0.224 e. The quantitative estimate of drug-likeness (QED) is 0.541. The van der Waals surface area contributed by atoms with Gasteiger partial charge in [-0.15, -0.1) is 0 Å². The van der Waals surface area contributed by atoms with Crippen LogP contribution in [0.2, 0.25) is 0 Å². The molecular weight excluding hydrogens is 398 g/mol. The fourth-order valence-electron chi connectivity index (χ4n) is 2.92. The van der Waals surface area contributed by atoms with E-state index in [4.69, 9.17) is 0 Å². The second-order valence-corrected chi connectivity index (χ2v) is 10.8. The molecule has 0 fully saturated rings. The third kappa shape index (κ3) is 11.1. The van der Waals surface area contributed by atoms with Gasteiger partial charge < -0.3 is 15.5 Å². The Morgan fingerprint density at radius 2 is 1.39 bits per heavy atom. The van der Waals surface area contributed by atoms with E-state index in [2.05, 4.69) is 10.6 Å². The van der Waals surface area contributed by atoms with E-state index >= 15 is 0 Å². The second-order valence-electron chi connectivity index (χ2n) is 10.8. The first-order chi connectivity index (χ1) is 13.8. The zero-order valence-corrected chi connectivity index (χ0v) is 20.8. The van der Waals surface area contributed by atoms with Gasteiger partial charge in [-0.05, 0) is 24.7 Å². The van der Waals surface area contributed by atoms with Gasteiger partial charge in [0.25, 0.3) is 0 Å². The highest BCUT2D eigenvalue weighted by Gasteiger charge is 2.36. The molecule has 0 radical (unpaired) electrons. The third-order valence-corrected chi connectivity index (χ3v) is 4.89. The summed E-state index contributed by atoms with van der Waals surface area (Å²) >= 11 is 0. The number of nitrogens with one attached hydrogen (secondary N) is 2. The SMILES string of the molecule is CC(=O)C(C)NC(=O)C(CC(=O)C(NC(=O)CC(C)(C)C)C(C)(C)C)CC(=O)N(C)C. The van der Waals surface area contributed by atoms with Gasteiger partial charge in [-0.1, -0.05) is 41.5 Å². The van der Waals surface area contributed by atoms with Crippen LogP contribution in [0, 0.1) is 16.7 Å². The van der Waals surface area contributed by atoms with Crippen molar-refractivity contribution < 1.29 is 24.0 Å². The molecule has 3 unspecified atom stereocenters. The van der Waals surface area contributed by atoms with E-state index < -0.39 is 29.3 Å². The number of hydrogen-bond acceptors (Lipinski definition) is 5. The average molecular weight is 440 g/mol. The molecule has 0 aromatic carbocycles. The van der Waals surface area contributed by atoms with E-state index in [9.17, 15) is 24.0 Å². The molecule has 2 N–H and O–H groups in total. The van der Waals surface area contributed by atoms with Crippen molar-refractivity contribution in [3.05, 3.63) is 0 Å². The van der Waals surface area contributed by atoms with Crippen molar-refractivity contribution in [1.82, 2.24) is 15.5 Å². The highest BCUT2D eigenvalue weighted by Crippen LogP contribution is 2.25. The van der Waals surface area contributed by atoms with Crippen molar-refractivity contribution in [2.24, 2.45) is 16.7 Å². The summed E-state index contributed by atoms with van der Waals surface area (Å²) in [5, 5.41) is 5.40. The molecule has 3 amide bonds. The van der Waals surface area contributed by atoms with Crippen LogP contribution in [0.3, 0.4) is 0 Å². The molecule has 0 aromatic rings. The first-order valence-electron chi connectivity index (χ1n) is 10.7. The molecule has 0 spiro atoms. The summed E-state index contributed by atoms with van der Waals surface area (Å²) in [6.45, 7) is 14.2. The molecule has 0 saturated heterocycles. The van der Waals surface area contributed by atoms with Crippen molar-refractivity contribution in [3.63, 3.8) is 0 Å². The van der Waals surface area contributed by atoms with Crippen LogP contribution in [0.4, 0.5) is 0 Å². The van der Waals surface area contributed by atoms with Gasteiger partial charge in [0.2, 0.25) is 17.7 Å². The zero-order chi connectivity index (χ0) is 24.7. The maximum Gasteiger partial charge on any atom is 0.224 e. The van der Waals surface area contributed by atoms with Gasteiger partial charge in [-0.3, -0.25) is 24.0 Å². The van der Waals surface area contributed by atoms with Crippen LogP contribution in [0.15, 0.2) is 0 Å².